The van der Waals surface area contributed by atoms with Gasteiger partial charge in [0, 0.05) is 5.39 Å². The molecule has 1 aromatic heterocycles. The molecule has 0 bridgehead atoms. The summed E-state index contributed by atoms with van der Waals surface area (Å²) in [6.07, 6.45) is 1.45. The van der Waals surface area contributed by atoms with E-state index >= 15 is 0 Å². The monoisotopic (exact) mass is 341 g/mol. The number of aromatic nitrogens is 2. The summed E-state index contributed by atoms with van der Waals surface area (Å²) in [5.41, 5.74) is 2.03. The van der Waals surface area contributed by atoms with Crippen LogP contribution in [0.2, 0.25) is 0 Å². The lowest BCUT2D eigenvalue weighted by Gasteiger charge is -2.21. The van der Waals surface area contributed by atoms with Crippen molar-refractivity contribution in [2.45, 2.75) is 6.10 Å². The number of nitrogens with one attached hydrogen (secondary N) is 1. The predicted octanol–water partition coefficient (Wildman–Crippen LogP) is 4.86. The van der Waals surface area contributed by atoms with E-state index in [0.29, 0.717) is 6.54 Å². The Kier molecular flexibility index (Phi) is 4.74. The molecule has 4 aromatic rings. The fourth-order valence-electron chi connectivity index (χ4n) is 2.89. The van der Waals surface area contributed by atoms with Crippen LogP contribution in [0.1, 0.15) is 11.7 Å². The zero-order chi connectivity index (χ0) is 17.6. The van der Waals surface area contributed by atoms with Crippen molar-refractivity contribution < 1.29 is 4.74 Å². The average molecular weight is 341 g/mol. The fraction of sp³-hybridized carbons (Fsp3) is 0.0909. The van der Waals surface area contributed by atoms with Crippen molar-refractivity contribution in [3.8, 4) is 5.75 Å². The number of fused-ring (bicyclic) bond motifs is 1. The molecule has 4 nitrogen and oxygen atoms in total. The molecule has 0 amide bonds. The number of hydrogen-bond acceptors (Lipinski definition) is 4. The maximum absolute atomic E-state index is 6.23. The summed E-state index contributed by atoms with van der Waals surface area (Å²) in [4.78, 5) is 8.71. The van der Waals surface area contributed by atoms with Gasteiger partial charge in [0.2, 0.25) is 0 Å². The van der Waals surface area contributed by atoms with Gasteiger partial charge in [-0.05, 0) is 29.8 Å². The van der Waals surface area contributed by atoms with E-state index in [2.05, 4.69) is 27.4 Å². The van der Waals surface area contributed by atoms with Crippen LogP contribution < -0.4 is 10.1 Å². The predicted molar refractivity (Wildman–Crippen MR) is 104 cm³/mol. The highest BCUT2D eigenvalue weighted by molar-refractivity contribution is 5.88. The number of benzene rings is 3. The first kappa shape index (κ1) is 16.1. The fourth-order valence-corrected chi connectivity index (χ4v) is 2.89. The molecule has 0 saturated heterocycles. The topological polar surface area (TPSA) is 47.0 Å². The van der Waals surface area contributed by atoms with E-state index in [0.717, 1.165) is 28.0 Å². The molecular weight excluding hydrogens is 322 g/mol. The van der Waals surface area contributed by atoms with Gasteiger partial charge in [-0.3, -0.25) is 0 Å². The second-order valence-electron chi connectivity index (χ2n) is 5.95. The smallest absolute Gasteiger partial charge is 0.141 e. The molecule has 1 unspecified atom stereocenters. The number of para-hydroxylation sites is 2. The van der Waals surface area contributed by atoms with E-state index in [1.807, 2.05) is 72.8 Å². The average Bonchev–Trinajstić information content (AvgIpc) is 2.72. The van der Waals surface area contributed by atoms with Gasteiger partial charge in [0.1, 0.15) is 24.0 Å². The number of hydrogen-bond donors (Lipinski definition) is 1. The third-order valence-electron chi connectivity index (χ3n) is 4.19. The highest BCUT2D eigenvalue weighted by Gasteiger charge is 2.14. The summed E-state index contributed by atoms with van der Waals surface area (Å²) in [6.45, 7) is 0.597. The van der Waals surface area contributed by atoms with Gasteiger partial charge in [0.25, 0.3) is 0 Å². The van der Waals surface area contributed by atoms with Crippen LogP contribution in [0.3, 0.4) is 0 Å². The van der Waals surface area contributed by atoms with E-state index in [1.165, 1.54) is 0 Å². The lowest BCUT2D eigenvalue weighted by Crippen LogP contribution is -2.19. The molecule has 0 aliphatic carbocycles. The SMILES string of the molecule is c1ccc(OC(CNc2ncnc3ccccc23)c2ccccc2)cc1. The lowest BCUT2D eigenvalue weighted by atomic mass is 10.1. The zero-order valence-corrected chi connectivity index (χ0v) is 14.2. The van der Waals surface area contributed by atoms with Gasteiger partial charge < -0.3 is 10.1 Å². The highest BCUT2D eigenvalue weighted by Crippen LogP contribution is 2.24. The van der Waals surface area contributed by atoms with Gasteiger partial charge >= 0.3 is 0 Å². The Balaban J connectivity index is 1.58. The van der Waals surface area contributed by atoms with Crippen LogP contribution in [-0.4, -0.2) is 16.5 Å². The molecule has 3 aromatic carbocycles. The molecule has 0 saturated carbocycles. The van der Waals surface area contributed by atoms with Crippen LogP contribution in [0.25, 0.3) is 10.9 Å². The van der Waals surface area contributed by atoms with Crippen LogP contribution in [0.5, 0.6) is 5.75 Å². The Morgan fingerprint density at radius 1 is 0.769 bits per heavy atom. The minimum Gasteiger partial charge on any atom is -0.484 e. The molecule has 1 heterocycles. The van der Waals surface area contributed by atoms with Crippen molar-refractivity contribution in [2.75, 3.05) is 11.9 Å². The molecule has 1 atom stereocenters. The van der Waals surface area contributed by atoms with Crippen LogP contribution in [0, 0.1) is 0 Å². The second kappa shape index (κ2) is 7.66. The Bertz CT molecular complexity index is 969. The normalized spacial score (nSPS) is 11.8. The van der Waals surface area contributed by atoms with Gasteiger partial charge in [-0.2, -0.15) is 0 Å². The standard InChI is InChI=1S/C22H19N3O/c1-3-9-17(10-4-1)21(26-18-11-5-2-6-12-18)15-23-22-19-13-7-8-14-20(19)24-16-25-22/h1-14,16,21H,15H2,(H,23,24,25). The van der Waals surface area contributed by atoms with Gasteiger partial charge in [0.05, 0.1) is 12.1 Å². The largest absolute Gasteiger partial charge is 0.484 e. The maximum atomic E-state index is 6.23. The van der Waals surface area contributed by atoms with Crippen LogP contribution >= 0.6 is 0 Å². The van der Waals surface area contributed by atoms with Gasteiger partial charge in [0.15, 0.2) is 0 Å². The van der Waals surface area contributed by atoms with E-state index in [4.69, 9.17) is 4.74 Å². The summed E-state index contributed by atoms with van der Waals surface area (Å²) >= 11 is 0. The van der Waals surface area contributed by atoms with E-state index in [1.54, 1.807) is 6.33 Å². The zero-order valence-electron chi connectivity index (χ0n) is 14.2. The molecule has 0 aliphatic rings. The van der Waals surface area contributed by atoms with Crippen molar-refractivity contribution in [1.29, 1.82) is 0 Å². The molecule has 1 N–H and O–H groups in total. The van der Waals surface area contributed by atoms with Gasteiger partial charge in [-0.1, -0.05) is 60.7 Å². The summed E-state index contributed by atoms with van der Waals surface area (Å²) < 4.78 is 6.23. The Labute approximate surface area is 152 Å². The third-order valence-corrected chi connectivity index (χ3v) is 4.19. The molecule has 0 spiro atoms. The Morgan fingerprint density at radius 2 is 1.46 bits per heavy atom. The Hall–Kier alpha value is -3.40. The number of anilines is 1. The second-order valence-corrected chi connectivity index (χ2v) is 5.95. The van der Waals surface area contributed by atoms with Crippen molar-refractivity contribution in [1.82, 2.24) is 9.97 Å². The minimum absolute atomic E-state index is 0.132. The van der Waals surface area contributed by atoms with Crippen LogP contribution in [0.4, 0.5) is 5.82 Å². The summed E-state index contributed by atoms with van der Waals surface area (Å²) in [6, 6.07) is 28.1. The molecule has 4 heteroatoms. The lowest BCUT2D eigenvalue weighted by molar-refractivity contribution is 0.219. The first-order chi connectivity index (χ1) is 12.9. The van der Waals surface area contributed by atoms with E-state index < -0.39 is 0 Å². The third kappa shape index (κ3) is 3.64. The van der Waals surface area contributed by atoms with Crippen molar-refractivity contribution in [3.63, 3.8) is 0 Å². The first-order valence-corrected chi connectivity index (χ1v) is 8.60. The van der Waals surface area contributed by atoms with Crippen molar-refractivity contribution in [3.05, 3.63) is 96.8 Å². The highest BCUT2D eigenvalue weighted by atomic mass is 16.5. The molecule has 0 fully saturated rings. The van der Waals surface area contributed by atoms with Crippen LogP contribution in [-0.2, 0) is 0 Å². The molecule has 128 valence electrons. The molecule has 26 heavy (non-hydrogen) atoms. The van der Waals surface area contributed by atoms with E-state index in [-0.39, 0.29) is 6.10 Å². The first-order valence-electron chi connectivity index (χ1n) is 8.60. The summed E-state index contributed by atoms with van der Waals surface area (Å²) in [7, 11) is 0. The number of ether oxygens (including phenoxy) is 1. The molecule has 0 radical (unpaired) electrons. The summed E-state index contributed by atoms with van der Waals surface area (Å²) in [5, 5.41) is 4.43. The molecular formula is C22H19N3O. The van der Waals surface area contributed by atoms with Crippen molar-refractivity contribution in [2.24, 2.45) is 0 Å². The Morgan fingerprint density at radius 3 is 2.27 bits per heavy atom. The van der Waals surface area contributed by atoms with Crippen molar-refractivity contribution >= 4 is 16.7 Å². The van der Waals surface area contributed by atoms with Crippen LogP contribution in [0.15, 0.2) is 91.3 Å². The minimum atomic E-state index is -0.132. The van der Waals surface area contributed by atoms with Gasteiger partial charge in [-0.25, -0.2) is 9.97 Å². The maximum Gasteiger partial charge on any atom is 0.141 e. The quantitative estimate of drug-likeness (QED) is 0.544. The van der Waals surface area contributed by atoms with Gasteiger partial charge in [-0.15, -0.1) is 0 Å². The van der Waals surface area contributed by atoms with E-state index in [9.17, 15) is 0 Å². The molecule has 0 aliphatic heterocycles. The summed E-state index contributed by atoms with van der Waals surface area (Å²) in [5.74, 6) is 1.66. The molecule has 4 rings (SSSR count). The number of rotatable bonds is 6. The number of nitrogens with zero attached hydrogens (tertiary/aromatic N) is 2.